The van der Waals surface area contributed by atoms with Gasteiger partial charge < -0.3 is 20.3 Å². The van der Waals surface area contributed by atoms with Gasteiger partial charge in [0.2, 0.25) is 5.91 Å². The van der Waals surface area contributed by atoms with Crippen LogP contribution in [0.3, 0.4) is 0 Å². The van der Waals surface area contributed by atoms with Crippen LogP contribution in [0.15, 0.2) is 71.9 Å². The van der Waals surface area contributed by atoms with E-state index in [1.54, 1.807) is 23.4 Å². The van der Waals surface area contributed by atoms with Crippen molar-refractivity contribution in [2.24, 2.45) is 4.99 Å². The summed E-state index contributed by atoms with van der Waals surface area (Å²) in [4.78, 5) is 39.2. The monoisotopic (exact) mass is 516 g/mol. The molecule has 38 heavy (non-hydrogen) atoms. The van der Waals surface area contributed by atoms with E-state index in [2.05, 4.69) is 38.5 Å². The molecule has 3 N–H and O–H groups in total. The van der Waals surface area contributed by atoms with E-state index in [0.717, 1.165) is 34.1 Å². The van der Waals surface area contributed by atoms with Gasteiger partial charge in [-0.05, 0) is 43.2 Å². The molecule has 0 spiro atoms. The summed E-state index contributed by atoms with van der Waals surface area (Å²) < 4.78 is 5.34. The second-order valence-corrected chi connectivity index (χ2v) is 9.67. The molecule has 0 saturated carbocycles. The van der Waals surface area contributed by atoms with Gasteiger partial charge in [-0.15, -0.1) is 0 Å². The van der Waals surface area contributed by atoms with Crippen molar-refractivity contribution >= 4 is 29.2 Å². The number of aliphatic imine (C=N–C) groups is 1. The van der Waals surface area contributed by atoms with Crippen LogP contribution in [0.2, 0.25) is 0 Å². The maximum Gasteiger partial charge on any atom is 0.257 e. The van der Waals surface area contributed by atoms with Crippen LogP contribution in [-0.4, -0.2) is 66.5 Å². The zero-order chi connectivity index (χ0) is 26.5. The Morgan fingerprint density at radius 1 is 1.18 bits per heavy atom. The number of amides is 2. The Balaban J connectivity index is 1.31. The van der Waals surface area contributed by atoms with Crippen molar-refractivity contribution in [3.63, 3.8) is 0 Å². The molecule has 0 bridgehead atoms. The number of aromatic nitrogens is 1. The smallest absolute Gasteiger partial charge is 0.257 e. The van der Waals surface area contributed by atoms with Crippen LogP contribution in [0.1, 0.15) is 36.2 Å². The summed E-state index contributed by atoms with van der Waals surface area (Å²) in [6.07, 6.45) is 8.67. The molecule has 10 nitrogen and oxygen atoms in total. The standard InChI is InChI=1S/C28H33N7O3/c1-3-20(2)31-26(36)16-21-5-4-6-23(15-21)35-18-24(27-29-9-10-34(27)19-35)32-25-8-7-22(17-30-25)28(37)33-11-13-38-14-12-33/h4-10,15,17-18,20H,3,11-14,16,19H2,1-2H3,(H,30,32)(H,31,36)/p+1. The first kappa shape index (κ1) is 25.6. The SMILES string of the molecule is CCC(C)NC(=O)Cc1cccc(N2C=C(Nc3ccc(C(=O)N4CCOCC4)cn3)C3=NC=C[NH+]3C2)c1. The van der Waals surface area contributed by atoms with Crippen molar-refractivity contribution in [2.75, 3.05) is 43.2 Å². The third-order valence-corrected chi connectivity index (χ3v) is 6.86. The van der Waals surface area contributed by atoms with Crippen LogP contribution < -0.4 is 20.4 Å². The van der Waals surface area contributed by atoms with E-state index in [0.29, 0.717) is 50.8 Å². The number of morpholine rings is 1. The Morgan fingerprint density at radius 3 is 2.79 bits per heavy atom. The summed E-state index contributed by atoms with van der Waals surface area (Å²) in [7, 11) is 0. The first-order chi connectivity index (χ1) is 18.5. The number of fused-ring (bicyclic) bond motifs is 1. The van der Waals surface area contributed by atoms with Gasteiger partial charge in [0.25, 0.3) is 11.7 Å². The largest absolute Gasteiger partial charge is 0.378 e. The van der Waals surface area contributed by atoms with Crippen LogP contribution in [0.25, 0.3) is 0 Å². The number of rotatable bonds is 8. The molecule has 3 aliphatic rings. The van der Waals surface area contributed by atoms with Crippen molar-refractivity contribution < 1.29 is 19.2 Å². The molecule has 2 atom stereocenters. The number of carbonyl (C=O) groups excluding carboxylic acids is 2. The van der Waals surface area contributed by atoms with Gasteiger partial charge in [-0.1, -0.05) is 19.1 Å². The Kier molecular flexibility index (Phi) is 7.81. The third-order valence-electron chi connectivity index (χ3n) is 6.86. The predicted octanol–water partition coefficient (Wildman–Crippen LogP) is 1.51. The number of pyridine rings is 1. The average molecular weight is 517 g/mol. The predicted molar refractivity (Wildman–Crippen MR) is 146 cm³/mol. The molecule has 0 radical (unpaired) electrons. The number of nitrogens with one attached hydrogen (secondary N) is 3. The van der Waals surface area contributed by atoms with Gasteiger partial charge in [0.1, 0.15) is 17.7 Å². The van der Waals surface area contributed by atoms with Crippen LogP contribution in [0.5, 0.6) is 0 Å². The van der Waals surface area contributed by atoms with Gasteiger partial charge in [0.05, 0.1) is 31.4 Å². The van der Waals surface area contributed by atoms with Crippen molar-refractivity contribution in [1.82, 2.24) is 15.2 Å². The normalized spacial score (nSPS) is 19.4. The quantitative estimate of drug-likeness (QED) is 0.492. The van der Waals surface area contributed by atoms with Gasteiger partial charge in [0.15, 0.2) is 6.67 Å². The lowest BCUT2D eigenvalue weighted by Crippen LogP contribution is -3.12. The van der Waals surface area contributed by atoms with Crippen LogP contribution >= 0.6 is 0 Å². The van der Waals surface area contributed by atoms with Crippen LogP contribution in [0, 0.1) is 0 Å². The highest BCUT2D eigenvalue weighted by Crippen LogP contribution is 2.20. The number of amidine groups is 1. The van der Waals surface area contributed by atoms with Crippen molar-refractivity contribution in [2.45, 2.75) is 32.7 Å². The van der Waals surface area contributed by atoms with E-state index in [4.69, 9.17) is 4.74 Å². The summed E-state index contributed by atoms with van der Waals surface area (Å²) in [6, 6.07) is 11.8. The van der Waals surface area contributed by atoms with Gasteiger partial charge >= 0.3 is 0 Å². The van der Waals surface area contributed by atoms with E-state index in [-0.39, 0.29) is 17.9 Å². The number of hydrogen-bond donors (Lipinski definition) is 3. The molecule has 1 saturated heterocycles. The molecule has 5 rings (SSSR count). The second-order valence-electron chi connectivity index (χ2n) is 9.67. The topological polar surface area (TPSA) is 104 Å². The first-order valence-corrected chi connectivity index (χ1v) is 13.1. The highest BCUT2D eigenvalue weighted by atomic mass is 16.5. The maximum absolute atomic E-state index is 12.7. The fourth-order valence-electron chi connectivity index (χ4n) is 4.58. The summed E-state index contributed by atoms with van der Waals surface area (Å²) in [5, 5.41) is 6.41. The third kappa shape index (κ3) is 5.92. The molecule has 0 aliphatic carbocycles. The van der Waals surface area contributed by atoms with Crippen LogP contribution in [0.4, 0.5) is 11.5 Å². The van der Waals surface area contributed by atoms with E-state index in [9.17, 15) is 9.59 Å². The van der Waals surface area contributed by atoms with Crippen molar-refractivity contribution in [3.05, 3.63) is 78.0 Å². The average Bonchev–Trinajstić information content (AvgIpc) is 3.43. The first-order valence-electron chi connectivity index (χ1n) is 13.1. The van der Waals surface area contributed by atoms with Gasteiger partial charge in [-0.25, -0.2) is 9.88 Å². The molecule has 2 aromatic rings. The Morgan fingerprint density at radius 2 is 2.03 bits per heavy atom. The molecule has 1 fully saturated rings. The Hall–Kier alpha value is -4.02. The molecule has 1 aromatic carbocycles. The lowest BCUT2D eigenvalue weighted by molar-refractivity contribution is -0.743. The minimum absolute atomic E-state index is 0.0252. The summed E-state index contributed by atoms with van der Waals surface area (Å²) >= 11 is 0. The fourth-order valence-corrected chi connectivity index (χ4v) is 4.58. The zero-order valence-corrected chi connectivity index (χ0v) is 21.8. The number of ether oxygens (including phenoxy) is 1. The second kappa shape index (κ2) is 11.6. The number of nitrogens with zero attached hydrogens (tertiary/aromatic N) is 4. The number of anilines is 2. The number of carbonyl (C=O) groups is 2. The Bertz CT molecular complexity index is 1270. The van der Waals surface area contributed by atoms with Crippen molar-refractivity contribution in [3.8, 4) is 0 Å². The Labute approximate surface area is 222 Å². The lowest BCUT2D eigenvalue weighted by Gasteiger charge is -2.30. The molecule has 4 heterocycles. The molecule has 2 amide bonds. The van der Waals surface area contributed by atoms with Gasteiger partial charge in [-0.2, -0.15) is 4.99 Å². The molecule has 198 valence electrons. The van der Waals surface area contributed by atoms with Gasteiger partial charge in [-0.3, -0.25) is 14.5 Å². The minimum atomic E-state index is -0.0342. The summed E-state index contributed by atoms with van der Waals surface area (Å²) in [6.45, 7) is 7.05. The highest BCUT2D eigenvalue weighted by molar-refractivity contribution is 5.97. The summed E-state index contributed by atoms with van der Waals surface area (Å²) in [5.41, 5.74) is 3.32. The molecule has 1 aromatic heterocycles. The molecule has 10 heteroatoms. The number of hydrogen-bond acceptors (Lipinski definition) is 7. The van der Waals surface area contributed by atoms with E-state index < -0.39 is 0 Å². The molecular weight excluding hydrogens is 482 g/mol. The minimum Gasteiger partial charge on any atom is -0.378 e. The van der Waals surface area contributed by atoms with Crippen molar-refractivity contribution in [1.29, 1.82) is 0 Å². The fraction of sp³-hybridized carbons (Fsp3) is 0.357. The van der Waals surface area contributed by atoms with Crippen LogP contribution in [-0.2, 0) is 16.0 Å². The highest BCUT2D eigenvalue weighted by Gasteiger charge is 2.31. The number of quaternary nitrogens is 1. The zero-order valence-electron chi connectivity index (χ0n) is 21.8. The lowest BCUT2D eigenvalue weighted by atomic mass is 10.1. The van der Waals surface area contributed by atoms with E-state index >= 15 is 0 Å². The maximum atomic E-state index is 12.7. The summed E-state index contributed by atoms with van der Waals surface area (Å²) in [5.74, 6) is 1.49. The van der Waals surface area contributed by atoms with E-state index in [1.807, 2.05) is 43.6 Å². The molecule has 3 aliphatic heterocycles. The molecule has 2 unspecified atom stereocenters. The molecular formula is C28H34N7O3+. The van der Waals surface area contributed by atoms with E-state index in [1.165, 1.54) is 0 Å². The van der Waals surface area contributed by atoms with Gasteiger partial charge in [0, 0.05) is 37.2 Å². The number of benzene rings is 1.